The maximum atomic E-state index is 13.4. The SMILES string of the molecule is CCOc1nc2c(c(=O)n1Cc1ccc(C(F)(F)F)cc1)CN(C(=O)OCc1ccccc1)CC2. The molecular weight excluding hydrogens is 463 g/mol. The molecule has 2 heterocycles. The van der Waals surface area contributed by atoms with Gasteiger partial charge in [0.15, 0.2) is 0 Å². The molecule has 0 bridgehead atoms. The van der Waals surface area contributed by atoms with Gasteiger partial charge in [-0.15, -0.1) is 0 Å². The maximum absolute atomic E-state index is 13.4. The van der Waals surface area contributed by atoms with E-state index in [2.05, 4.69) is 4.98 Å². The zero-order valence-electron chi connectivity index (χ0n) is 19.0. The Balaban J connectivity index is 1.55. The van der Waals surface area contributed by atoms with Gasteiger partial charge >= 0.3 is 12.3 Å². The number of rotatable bonds is 6. The summed E-state index contributed by atoms with van der Waals surface area (Å²) in [7, 11) is 0. The van der Waals surface area contributed by atoms with Crippen molar-refractivity contribution in [3.8, 4) is 6.01 Å². The zero-order chi connectivity index (χ0) is 25.0. The van der Waals surface area contributed by atoms with E-state index in [0.29, 0.717) is 29.8 Å². The number of aromatic nitrogens is 2. The van der Waals surface area contributed by atoms with Gasteiger partial charge in [-0.25, -0.2) is 9.78 Å². The Bertz CT molecular complexity index is 1240. The van der Waals surface area contributed by atoms with Crippen molar-refractivity contribution in [2.45, 2.75) is 39.2 Å². The summed E-state index contributed by atoms with van der Waals surface area (Å²) in [6.07, 6.45) is -4.63. The van der Waals surface area contributed by atoms with Gasteiger partial charge in [0.2, 0.25) is 0 Å². The molecule has 35 heavy (non-hydrogen) atoms. The number of carbonyl (C=O) groups excluding carboxylic acids is 1. The molecule has 7 nitrogen and oxygen atoms in total. The molecule has 10 heteroatoms. The normalized spacial score (nSPS) is 13.3. The average Bonchev–Trinajstić information content (AvgIpc) is 2.85. The van der Waals surface area contributed by atoms with Crippen molar-refractivity contribution < 1.29 is 27.4 Å². The summed E-state index contributed by atoms with van der Waals surface area (Å²) in [4.78, 5) is 31.9. The molecule has 0 atom stereocenters. The fourth-order valence-corrected chi connectivity index (χ4v) is 3.82. The highest BCUT2D eigenvalue weighted by molar-refractivity contribution is 5.68. The van der Waals surface area contributed by atoms with Gasteiger partial charge in [-0.3, -0.25) is 9.36 Å². The fraction of sp³-hybridized carbons (Fsp3) is 0.320. The lowest BCUT2D eigenvalue weighted by molar-refractivity contribution is -0.137. The second-order valence-electron chi connectivity index (χ2n) is 8.05. The molecule has 4 rings (SSSR count). The number of halogens is 3. The van der Waals surface area contributed by atoms with Crippen LogP contribution < -0.4 is 10.3 Å². The Morgan fingerprint density at radius 2 is 1.77 bits per heavy atom. The first-order valence-corrected chi connectivity index (χ1v) is 11.1. The molecule has 0 saturated carbocycles. The van der Waals surface area contributed by atoms with E-state index in [1.54, 1.807) is 6.92 Å². The van der Waals surface area contributed by atoms with Crippen molar-refractivity contribution in [2.75, 3.05) is 13.2 Å². The lowest BCUT2D eigenvalue weighted by Crippen LogP contribution is -2.41. The predicted octanol–water partition coefficient (Wildman–Crippen LogP) is 4.40. The number of hydrogen-bond donors (Lipinski definition) is 0. The molecule has 0 spiro atoms. The standard InChI is InChI=1S/C25H24F3N3O4/c1-2-34-23-29-21-12-13-30(24(33)35-16-18-6-4-3-5-7-18)15-20(21)22(32)31(23)14-17-8-10-19(11-9-17)25(26,27)28/h3-11H,2,12-16H2,1H3. The summed E-state index contributed by atoms with van der Waals surface area (Å²) < 4.78 is 50.9. The molecule has 1 amide bonds. The van der Waals surface area contributed by atoms with Crippen LogP contribution in [0.4, 0.5) is 18.0 Å². The predicted molar refractivity (Wildman–Crippen MR) is 121 cm³/mol. The number of alkyl halides is 3. The molecule has 0 unspecified atom stereocenters. The summed E-state index contributed by atoms with van der Waals surface area (Å²) in [5, 5.41) is 0. The van der Waals surface area contributed by atoms with Gasteiger partial charge in [-0.05, 0) is 30.2 Å². The highest BCUT2D eigenvalue weighted by Crippen LogP contribution is 2.29. The van der Waals surface area contributed by atoms with Crippen molar-refractivity contribution in [3.05, 3.63) is 92.9 Å². The van der Waals surface area contributed by atoms with E-state index >= 15 is 0 Å². The van der Waals surface area contributed by atoms with E-state index in [4.69, 9.17) is 9.47 Å². The first-order valence-electron chi connectivity index (χ1n) is 11.1. The van der Waals surface area contributed by atoms with Gasteiger partial charge in [-0.1, -0.05) is 42.5 Å². The summed E-state index contributed by atoms with van der Waals surface area (Å²) in [6, 6.07) is 13.9. The number of carbonyl (C=O) groups is 1. The minimum atomic E-state index is -4.45. The van der Waals surface area contributed by atoms with Crippen LogP contribution in [0.2, 0.25) is 0 Å². The third kappa shape index (κ3) is 5.64. The lowest BCUT2D eigenvalue weighted by atomic mass is 10.1. The molecule has 3 aromatic rings. The van der Waals surface area contributed by atoms with Crippen LogP contribution in [-0.4, -0.2) is 33.7 Å². The Morgan fingerprint density at radius 3 is 2.43 bits per heavy atom. The van der Waals surface area contributed by atoms with E-state index in [9.17, 15) is 22.8 Å². The van der Waals surface area contributed by atoms with Crippen LogP contribution in [0.3, 0.4) is 0 Å². The molecule has 1 aliphatic heterocycles. The lowest BCUT2D eigenvalue weighted by Gasteiger charge is -2.28. The largest absolute Gasteiger partial charge is 0.465 e. The minimum absolute atomic E-state index is 0.0220. The minimum Gasteiger partial charge on any atom is -0.465 e. The van der Waals surface area contributed by atoms with E-state index in [1.165, 1.54) is 21.6 Å². The third-order valence-corrected chi connectivity index (χ3v) is 5.64. The van der Waals surface area contributed by atoms with Crippen LogP contribution in [0.25, 0.3) is 0 Å². The van der Waals surface area contributed by atoms with E-state index in [-0.39, 0.29) is 32.3 Å². The molecule has 1 aliphatic rings. The van der Waals surface area contributed by atoms with Crippen LogP contribution in [0.1, 0.15) is 34.9 Å². The zero-order valence-corrected chi connectivity index (χ0v) is 19.0. The molecule has 0 radical (unpaired) electrons. The van der Waals surface area contributed by atoms with Crippen LogP contribution in [-0.2, 0) is 37.0 Å². The highest BCUT2D eigenvalue weighted by atomic mass is 19.4. The quantitative estimate of drug-likeness (QED) is 0.515. The number of ether oxygens (including phenoxy) is 2. The molecule has 1 aromatic heterocycles. The van der Waals surface area contributed by atoms with E-state index < -0.39 is 23.4 Å². The fourth-order valence-electron chi connectivity index (χ4n) is 3.82. The molecule has 0 fully saturated rings. The number of amides is 1. The summed E-state index contributed by atoms with van der Waals surface area (Å²) in [5.74, 6) is 0. The van der Waals surface area contributed by atoms with Crippen molar-refractivity contribution in [1.29, 1.82) is 0 Å². The van der Waals surface area contributed by atoms with Crippen molar-refractivity contribution in [3.63, 3.8) is 0 Å². The Hall–Kier alpha value is -3.82. The van der Waals surface area contributed by atoms with Gasteiger partial charge in [0.1, 0.15) is 6.61 Å². The van der Waals surface area contributed by atoms with E-state index in [1.807, 2.05) is 30.3 Å². The third-order valence-electron chi connectivity index (χ3n) is 5.64. The Morgan fingerprint density at radius 1 is 1.06 bits per heavy atom. The van der Waals surface area contributed by atoms with Gasteiger partial charge in [0, 0.05) is 13.0 Å². The second-order valence-corrected chi connectivity index (χ2v) is 8.05. The Labute approximate surface area is 199 Å². The maximum Gasteiger partial charge on any atom is 0.416 e. The molecule has 184 valence electrons. The van der Waals surface area contributed by atoms with Crippen LogP contribution in [0.15, 0.2) is 59.4 Å². The first-order chi connectivity index (χ1) is 16.8. The van der Waals surface area contributed by atoms with Crippen LogP contribution >= 0.6 is 0 Å². The van der Waals surface area contributed by atoms with Gasteiger partial charge in [0.05, 0.1) is 36.5 Å². The van der Waals surface area contributed by atoms with Gasteiger partial charge in [0.25, 0.3) is 11.6 Å². The number of benzene rings is 2. The van der Waals surface area contributed by atoms with Gasteiger partial charge < -0.3 is 14.4 Å². The average molecular weight is 487 g/mol. The summed E-state index contributed by atoms with van der Waals surface area (Å²) in [6.45, 7) is 2.46. The monoisotopic (exact) mass is 487 g/mol. The first kappa shape index (κ1) is 24.3. The Kier molecular flexibility index (Phi) is 7.09. The van der Waals surface area contributed by atoms with Crippen molar-refractivity contribution >= 4 is 6.09 Å². The topological polar surface area (TPSA) is 73.7 Å². The van der Waals surface area contributed by atoms with Crippen molar-refractivity contribution in [1.82, 2.24) is 14.5 Å². The number of hydrogen-bond acceptors (Lipinski definition) is 5. The molecular formula is C25H24F3N3O4. The number of nitrogens with zero attached hydrogens (tertiary/aromatic N) is 3. The molecule has 0 saturated heterocycles. The summed E-state index contributed by atoms with van der Waals surface area (Å²) in [5.41, 5.74) is 1.03. The van der Waals surface area contributed by atoms with Crippen LogP contribution in [0.5, 0.6) is 6.01 Å². The van der Waals surface area contributed by atoms with Crippen LogP contribution in [0, 0.1) is 0 Å². The smallest absolute Gasteiger partial charge is 0.416 e. The summed E-state index contributed by atoms with van der Waals surface area (Å²) >= 11 is 0. The van der Waals surface area contributed by atoms with Crippen molar-refractivity contribution in [2.24, 2.45) is 0 Å². The molecule has 0 N–H and O–H groups in total. The molecule has 0 aliphatic carbocycles. The highest BCUT2D eigenvalue weighted by Gasteiger charge is 2.30. The van der Waals surface area contributed by atoms with E-state index in [0.717, 1.165) is 17.7 Å². The van der Waals surface area contributed by atoms with Gasteiger partial charge in [-0.2, -0.15) is 13.2 Å². The molecule has 2 aromatic carbocycles. The number of fused-ring (bicyclic) bond motifs is 1. The second kappa shape index (κ2) is 10.2.